The molecule has 4 rings (SSSR count). The molecule has 2 unspecified atom stereocenters. The number of rotatable bonds is 4. The lowest BCUT2D eigenvalue weighted by Gasteiger charge is -2.60. The van der Waals surface area contributed by atoms with Gasteiger partial charge in [-0.25, -0.2) is 0 Å². The van der Waals surface area contributed by atoms with E-state index in [9.17, 15) is 0 Å². The predicted molar refractivity (Wildman–Crippen MR) is 110 cm³/mol. The fourth-order valence-electron chi connectivity index (χ4n) is 5.84. The lowest BCUT2D eigenvalue weighted by molar-refractivity contribution is -0.0891. The zero-order chi connectivity index (χ0) is 18.1. The van der Waals surface area contributed by atoms with Gasteiger partial charge in [-0.05, 0) is 67.8 Å². The highest BCUT2D eigenvalue weighted by molar-refractivity contribution is 5.33. The Kier molecular flexibility index (Phi) is 5.41. The summed E-state index contributed by atoms with van der Waals surface area (Å²) >= 11 is 0. The van der Waals surface area contributed by atoms with Crippen molar-refractivity contribution in [3.05, 3.63) is 35.4 Å². The summed E-state index contributed by atoms with van der Waals surface area (Å²) in [6.45, 7) is 14.3. The summed E-state index contributed by atoms with van der Waals surface area (Å²) in [7, 11) is 0. The van der Waals surface area contributed by atoms with Crippen LogP contribution < -0.4 is 5.32 Å². The zero-order valence-electron chi connectivity index (χ0n) is 17.0. The molecule has 3 fully saturated rings. The first kappa shape index (κ1) is 18.5. The molecule has 1 aromatic carbocycles. The van der Waals surface area contributed by atoms with Crippen LogP contribution in [0.1, 0.15) is 69.5 Å². The second-order valence-electron chi connectivity index (χ2n) is 9.10. The molecule has 2 aliphatic heterocycles. The first-order valence-corrected chi connectivity index (χ1v) is 10.9. The van der Waals surface area contributed by atoms with E-state index in [1.54, 1.807) is 11.1 Å². The third kappa shape index (κ3) is 3.23. The molecule has 0 aromatic heterocycles. The molecule has 3 nitrogen and oxygen atoms in total. The van der Waals surface area contributed by atoms with Gasteiger partial charge in [0.05, 0.1) is 0 Å². The van der Waals surface area contributed by atoms with Crippen LogP contribution in [0.15, 0.2) is 24.3 Å². The minimum atomic E-state index is 0.569. The van der Waals surface area contributed by atoms with Gasteiger partial charge in [0, 0.05) is 31.7 Å². The number of nitrogens with zero attached hydrogens (tertiary/aromatic N) is 2. The molecule has 0 bridgehead atoms. The van der Waals surface area contributed by atoms with Gasteiger partial charge >= 0.3 is 0 Å². The maximum absolute atomic E-state index is 3.59. The summed E-state index contributed by atoms with van der Waals surface area (Å²) in [4.78, 5) is 5.59. The number of hydrogen-bond donors (Lipinski definition) is 1. The molecule has 0 amide bonds. The van der Waals surface area contributed by atoms with Crippen molar-refractivity contribution < 1.29 is 0 Å². The van der Waals surface area contributed by atoms with Gasteiger partial charge in [0.2, 0.25) is 0 Å². The van der Waals surface area contributed by atoms with Gasteiger partial charge in [-0.15, -0.1) is 0 Å². The number of hydrogen-bond acceptors (Lipinski definition) is 3. The number of piperidine rings is 1. The third-order valence-electron chi connectivity index (χ3n) is 7.55. The van der Waals surface area contributed by atoms with Crippen molar-refractivity contribution in [1.82, 2.24) is 15.1 Å². The maximum Gasteiger partial charge on any atom is 0.0481 e. The number of nitrogens with one attached hydrogen (secondary N) is 1. The van der Waals surface area contributed by atoms with Gasteiger partial charge in [0.15, 0.2) is 0 Å². The summed E-state index contributed by atoms with van der Waals surface area (Å²) in [5, 5.41) is 3.59. The van der Waals surface area contributed by atoms with E-state index in [4.69, 9.17) is 0 Å². The normalized spacial score (nSPS) is 29.8. The van der Waals surface area contributed by atoms with Crippen LogP contribution in [0.25, 0.3) is 0 Å². The molecule has 1 spiro atoms. The van der Waals surface area contributed by atoms with Crippen LogP contribution in [-0.4, -0.2) is 55.1 Å². The predicted octanol–water partition coefficient (Wildman–Crippen LogP) is 4.02. The minimum Gasteiger partial charge on any atom is -0.317 e. The Morgan fingerprint density at radius 3 is 2.54 bits per heavy atom. The Hall–Kier alpha value is -0.900. The van der Waals surface area contributed by atoms with Gasteiger partial charge < -0.3 is 10.2 Å². The van der Waals surface area contributed by atoms with Crippen LogP contribution in [0.4, 0.5) is 0 Å². The average Bonchev–Trinajstić information content (AvgIpc) is 2.68. The van der Waals surface area contributed by atoms with Crippen molar-refractivity contribution in [1.29, 1.82) is 0 Å². The van der Waals surface area contributed by atoms with Gasteiger partial charge in [-0.2, -0.15) is 0 Å². The van der Waals surface area contributed by atoms with Crippen LogP contribution in [-0.2, 0) is 0 Å². The number of piperazine rings is 1. The minimum absolute atomic E-state index is 0.569. The first-order valence-electron chi connectivity index (χ1n) is 10.9. The highest BCUT2D eigenvalue weighted by atomic mass is 15.3. The van der Waals surface area contributed by atoms with E-state index in [-0.39, 0.29) is 0 Å². The van der Waals surface area contributed by atoms with E-state index >= 15 is 0 Å². The van der Waals surface area contributed by atoms with Crippen LogP contribution >= 0.6 is 0 Å². The summed E-state index contributed by atoms with van der Waals surface area (Å²) in [6.07, 6.45) is 5.62. The Morgan fingerprint density at radius 1 is 1.12 bits per heavy atom. The first-order chi connectivity index (χ1) is 12.6. The highest BCUT2D eigenvalue weighted by Gasteiger charge is 2.51. The second-order valence-corrected chi connectivity index (χ2v) is 9.10. The lowest BCUT2D eigenvalue weighted by atomic mass is 9.58. The molecule has 2 heterocycles. The highest BCUT2D eigenvalue weighted by Crippen LogP contribution is 2.53. The van der Waals surface area contributed by atoms with Crippen molar-refractivity contribution in [2.24, 2.45) is 5.41 Å². The van der Waals surface area contributed by atoms with Gasteiger partial charge in [0.25, 0.3) is 0 Å². The van der Waals surface area contributed by atoms with Gasteiger partial charge in [-0.3, -0.25) is 4.90 Å². The standard InChI is InChI=1S/C23H37N3/c1-4-25-15-16-26(22-9-10-23(22)11-13-24-14-12-23)21(17-25)20-8-6-5-7-19(20)18(2)3/h5-8,18,21-22,24H,4,9-17H2,1-3H3. The van der Waals surface area contributed by atoms with E-state index in [1.807, 2.05) is 0 Å². The summed E-state index contributed by atoms with van der Waals surface area (Å²) < 4.78 is 0. The van der Waals surface area contributed by atoms with Crippen LogP contribution in [0, 0.1) is 5.41 Å². The monoisotopic (exact) mass is 355 g/mol. The fraction of sp³-hybridized carbons (Fsp3) is 0.739. The van der Waals surface area contributed by atoms with E-state index in [2.05, 4.69) is 60.2 Å². The second kappa shape index (κ2) is 7.61. The van der Waals surface area contributed by atoms with Gasteiger partial charge in [-0.1, -0.05) is 45.0 Å². The molecule has 1 aromatic rings. The molecule has 2 atom stereocenters. The van der Waals surface area contributed by atoms with Crippen LogP contribution in [0.2, 0.25) is 0 Å². The largest absolute Gasteiger partial charge is 0.317 e. The van der Waals surface area contributed by atoms with E-state index < -0.39 is 0 Å². The molecule has 26 heavy (non-hydrogen) atoms. The number of benzene rings is 1. The Bertz CT molecular complexity index is 605. The van der Waals surface area contributed by atoms with Crippen molar-refractivity contribution in [2.75, 3.05) is 39.3 Å². The smallest absolute Gasteiger partial charge is 0.0481 e. The Balaban J connectivity index is 1.65. The van der Waals surface area contributed by atoms with Gasteiger partial charge in [0.1, 0.15) is 0 Å². The van der Waals surface area contributed by atoms with Crippen molar-refractivity contribution in [3.8, 4) is 0 Å². The summed E-state index contributed by atoms with van der Waals surface area (Å²) in [5.41, 5.74) is 3.75. The molecule has 1 aliphatic carbocycles. The molecule has 1 N–H and O–H groups in total. The van der Waals surface area contributed by atoms with Crippen molar-refractivity contribution in [2.45, 2.75) is 64.5 Å². The number of likely N-dealkylation sites (N-methyl/N-ethyl adjacent to an activating group) is 1. The average molecular weight is 356 g/mol. The SMILES string of the molecule is CCN1CCN(C2CCC23CCNCC3)C(c2ccccc2C(C)C)C1. The molecule has 3 heteroatoms. The van der Waals surface area contributed by atoms with Crippen LogP contribution in [0.5, 0.6) is 0 Å². The van der Waals surface area contributed by atoms with E-state index in [0.717, 1.165) is 6.04 Å². The molecular weight excluding hydrogens is 318 g/mol. The third-order valence-corrected chi connectivity index (χ3v) is 7.55. The van der Waals surface area contributed by atoms with Crippen molar-refractivity contribution >= 4 is 0 Å². The zero-order valence-corrected chi connectivity index (χ0v) is 17.0. The molecular formula is C23H37N3. The Morgan fingerprint density at radius 2 is 1.88 bits per heavy atom. The molecule has 144 valence electrons. The van der Waals surface area contributed by atoms with Crippen LogP contribution in [0.3, 0.4) is 0 Å². The molecule has 3 aliphatic rings. The van der Waals surface area contributed by atoms with E-state index in [0.29, 0.717) is 17.4 Å². The molecule has 0 radical (unpaired) electrons. The van der Waals surface area contributed by atoms with Crippen molar-refractivity contribution in [3.63, 3.8) is 0 Å². The maximum atomic E-state index is 3.59. The summed E-state index contributed by atoms with van der Waals surface area (Å²) in [5.74, 6) is 0.597. The lowest BCUT2D eigenvalue weighted by Crippen LogP contribution is -2.63. The quantitative estimate of drug-likeness (QED) is 0.880. The molecule has 1 saturated carbocycles. The van der Waals surface area contributed by atoms with E-state index in [1.165, 1.54) is 65.0 Å². The topological polar surface area (TPSA) is 18.5 Å². The fourth-order valence-corrected chi connectivity index (χ4v) is 5.84. The summed E-state index contributed by atoms with van der Waals surface area (Å²) in [6, 6.07) is 10.6. The molecule has 2 saturated heterocycles. The Labute approximate surface area is 160 Å².